The monoisotopic (exact) mass is 273 g/mol. The van der Waals surface area contributed by atoms with Gasteiger partial charge in [-0.1, -0.05) is 20.3 Å². The number of nitrogens with zero attached hydrogens (tertiary/aromatic N) is 1. The minimum atomic E-state index is -1.19. The maximum atomic E-state index is 11.7. The van der Waals surface area contributed by atoms with Gasteiger partial charge in [0.05, 0.1) is 21.1 Å². The molecule has 112 valence electrons. The second kappa shape index (κ2) is 8.15. The minimum absolute atomic E-state index is 0.245. The fourth-order valence-electron chi connectivity index (χ4n) is 1.84. The first-order valence-electron chi connectivity index (χ1n) is 6.80. The maximum absolute atomic E-state index is 11.7. The van der Waals surface area contributed by atoms with Gasteiger partial charge >= 0.3 is 5.97 Å². The molecule has 0 rings (SSSR count). The van der Waals surface area contributed by atoms with Crippen LogP contribution in [0.4, 0.5) is 0 Å². The molecule has 19 heavy (non-hydrogen) atoms. The molecule has 0 fully saturated rings. The Morgan fingerprint density at radius 3 is 2.21 bits per heavy atom. The highest BCUT2D eigenvalue weighted by molar-refractivity contribution is 5.70. The molecule has 0 spiro atoms. The first-order chi connectivity index (χ1) is 8.60. The number of carboxylic acids is 1. The lowest BCUT2D eigenvalue weighted by Crippen LogP contribution is -2.45. The molecule has 0 aromatic rings. The van der Waals surface area contributed by atoms with Gasteiger partial charge < -0.3 is 19.1 Å². The number of rotatable bonds is 9. The number of carboxylic acid groups (broad SMARTS) is 1. The smallest absolute Gasteiger partial charge is 0.306 e. The van der Waals surface area contributed by atoms with E-state index in [2.05, 4.69) is 13.8 Å². The van der Waals surface area contributed by atoms with Crippen molar-refractivity contribution in [2.24, 2.45) is 5.92 Å². The predicted molar refractivity (Wildman–Crippen MR) is 71.1 cm³/mol. The molecule has 5 heteroatoms. The zero-order chi connectivity index (χ0) is 15.1. The molecule has 0 amide bonds. The highest BCUT2D eigenvalue weighted by Crippen LogP contribution is 2.10. The number of carbonyl (C=O) groups excluding carboxylic acids is 2. The normalized spacial score (nSPS) is 13.4. The first kappa shape index (κ1) is 17.9. The van der Waals surface area contributed by atoms with Crippen molar-refractivity contribution >= 4 is 11.9 Å². The number of likely N-dealkylation sites (N-methyl/N-ethyl adjacent to an activating group) is 1. The van der Waals surface area contributed by atoms with Crippen molar-refractivity contribution < 1.29 is 23.9 Å². The van der Waals surface area contributed by atoms with Gasteiger partial charge in [0.15, 0.2) is 6.10 Å². The number of hydrogen-bond acceptors (Lipinski definition) is 4. The van der Waals surface area contributed by atoms with E-state index in [1.54, 1.807) is 0 Å². The summed E-state index contributed by atoms with van der Waals surface area (Å²) in [6, 6.07) is 0. The van der Waals surface area contributed by atoms with Crippen LogP contribution in [0.3, 0.4) is 0 Å². The third-order valence-corrected chi connectivity index (χ3v) is 2.61. The van der Waals surface area contributed by atoms with E-state index < -0.39 is 12.1 Å². The van der Waals surface area contributed by atoms with Crippen LogP contribution >= 0.6 is 0 Å². The van der Waals surface area contributed by atoms with Gasteiger partial charge in [0.25, 0.3) is 0 Å². The van der Waals surface area contributed by atoms with Crippen LogP contribution in [0, 0.1) is 5.92 Å². The van der Waals surface area contributed by atoms with Gasteiger partial charge in [0, 0.05) is 18.8 Å². The van der Waals surface area contributed by atoms with E-state index in [0.717, 1.165) is 12.8 Å². The second-order valence-corrected chi connectivity index (χ2v) is 6.45. The Balaban J connectivity index is 4.23. The molecule has 0 heterocycles. The minimum Gasteiger partial charge on any atom is -0.550 e. The lowest BCUT2D eigenvalue weighted by molar-refractivity contribution is -0.873. The van der Waals surface area contributed by atoms with Crippen molar-refractivity contribution in [3.8, 4) is 0 Å². The molecule has 0 N–H and O–H groups in total. The molecular weight excluding hydrogens is 246 g/mol. The number of carbonyl (C=O) groups is 2. The van der Waals surface area contributed by atoms with Crippen molar-refractivity contribution in [2.45, 2.75) is 45.6 Å². The van der Waals surface area contributed by atoms with Crippen molar-refractivity contribution in [1.29, 1.82) is 0 Å². The van der Waals surface area contributed by atoms with Crippen LogP contribution in [0.2, 0.25) is 0 Å². The molecule has 0 saturated carbocycles. The lowest BCUT2D eigenvalue weighted by Gasteiger charge is -2.29. The van der Waals surface area contributed by atoms with Gasteiger partial charge in [0.2, 0.25) is 0 Å². The molecule has 0 saturated heterocycles. The van der Waals surface area contributed by atoms with E-state index in [1.807, 2.05) is 21.1 Å². The summed E-state index contributed by atoms with van der Waals surface area (Å²) in [4.78, 5) is 22.3. The average molecular weight is 273 g/mol. The number of aliphatic carboxylic acids is 1. The van der Waals surface area contributed by atoms with Crippen LogP contribution in [0.5, 0.6) is 0 Å². The molecule has 0 aliphatic carbocycles. The van der Waals surface area contributed by atoms with E-state index in [4.69, 9.17) is 4.74 Å². The third-order valence-electron chi connectivity index (χ3n) is 2.61. The largest absolute Gasteiger partial charge is 0.550 e. The first-order valence-corrected chi connectivity index (χ1v) is 6.80. The fourth-order valence-corrected chi connectivity index (χ4v) is 1.84. The summed E-state index contributed by atoms with van der Waals surface area (Å²) in [5, 5.41) is 10.7. The van der Waals surface area contributed by atoms with Gasteiger partial charge in [-0.25, -0.2) is 0 Å². The predicted octanol–water partition coefficient (Wildman–Crippen LogP) is 0.571. The summed E-state index contributed by atoms with van der Waals surface area (Å²) in [5.74, 6) is -0.952. The van der Waals surface area contributed by atoms with E-state index in [-0.39, 0.29) is 12.4 Å². The lowest BCUT2D eigenvalue weighted by atomic mass is 10.1. The summed E-state index contributed by atoms with van der Waals surface area (Å²) in [6.07, 6.45) is 1.23. The molecule has 0 radical (unpaired) electrons. The SMILES string of the molecule is CC(C)CCCC(=O)OC(CC(=O)[O-])C[N+](C)(C)C. The Kier molecular flexibility index (Phi) is 7.68. The van der Waals surface area contributed by atoms with Gasteiger partial charge in [-0.2, -0.15) is 0 Å². The van der Waals surface area contributed by atoms with Crippen LogP contribution < -0.4 is 5.11 Å². The van der Waals surface area contributed by atoms with Gasteiger partial charge in [0.1, 0.15) is 6.54 Å². The van der Waals surface area contributed by atoms with E-state index in [0.29, 0.717) is 23.4 Å². The number of quaternary nitrogens is 1. The molecule has 0 aliphatic rings. The molecular formula is C14H27NO4. The van der Waals surface area contributed by atoms with Crippen LogP contribution in [0.15, 0.2) is 0 Å². The zero-order valence-corrected chi connectivity index (χ0v) is 12.8. The van der Waals surface area contributed by atoms with Crippen molar-refractivity contribution in [2.75, 3.05) is 27.7 Å². The molecule has 5 nitrogen and oxygen atoms in total. The molecule has 0 aliphatic heterocycles. The fraction of sp³-hybridized carbons (Fsp3) is 0.857. The average Bonchev–Trinajstić information content (AvgIpc) is 2.12. The van der Waals surface area contributed by atoms with Gasteiger partial charge in [-0.05, 0) is 12.3 Å². The molecule has 0 aromatic heterocycles. The van der Waals surface area contributed by atoms with Crippen LogP contribution in [0.25, 0.3) is 0 Å². The highest BCUT2D eigenvalue weighted by Gasteiger charge is 2.22. The van der Waals surface area contributed by atoms with E-state index >= 15 is 0 Å². The van der Waals surface area contributed by atoms with Crippen molar-refractivity contribution in [3.63, 3.8) is 0 Å². The Hall–Kier alpha value is -1.10. The zero-order valence-electron chi connectivity index (χ0n) is 12.8. The van der Waals surface area contributed by atoms with Crippen molar-refractivity contribution in [3.05, 3.63) is 0 Å². The molecule has 0 aromatic carbocycles. The number of ether oxygens (including phenoxy) is 1. The Morgan fingerprint density at radius 1 is 1.21 bits per heavy atom. The number of hydrogen-bond donors (Lipinski definition) is 0. The van der Waals surface area contributed by atoms with Crippen LogP contribution in [-0.4, -0.2) is 50.2 Å². The summed E-state index contributed by atoms with van der Waals surface area (Å²) in [6.45, 7) is 4.66. The van der Waals surface area contributed by atoms with E-state index in [9.17, 15) is 14.7 Å². The Bertz CT molecular complexity index is 294. The maximum Gasteiger partial charge on any atom is 0.306 e. The summed E-state index contributed by atoms with van der Waals surface area (Å²) in [5.41, 5.74) is 0. The van der Waals surface area contributed by atoms with Crippen molar-refractivity contribution in [1.82, 2.24) is 0 Å². The Labute approximate surface area is 116 Å². The summed E-state index contributed by atoms with van der Waals surface area (Å²) >= 11 is 0. The second-order valence-electron chi connectivity index (χ2n) is 6.45. The highest BCUT2D eigenvalue weighted by atomic mass is 16.5. The molecule has 1 unspecified atom stereocenters. The summed E-state index contributed by atoms with van der Waals surface area (Å²) < 4.78 is 5.78. The van der Waals surface area contributed by atoms with Gasteiger partial charge in [-0.15, -0.1) is 0 Å². The van der Waals surface area contributed by atoms with Crippen LogP contribution in [0.1, 0.15) is 39.5 Å². The van der Waals surface area contributed by atoms with E-state index in [1.165, 1.54) is 0 Å². The standard InChI is InChI=1S/C14H27NO4/c1-11(2)7-6-8-14(18)19-12(9-13(16)17)10-15(3,4)5/h11-12H,6-10H2,1-5H3. The quantitative estimate of drug-likeness (QED) is 0.455. The Morgan fingerprint density at radius 2 is 1.79 bits per heavy atom. The molecule has 0 bridgehead atoms. The summed E-state index contributed by atoms with van der Waals surface area (Å²) in [7, 11) is 5.78. The van der Waals surface area contributed by atoms with Gasteiger partial charge in [-0.3, -0.25) is 4.79 Å². The van der Waals surface area contributed by atoms with Crippen LogP contribution in [-0.2, 0) is 14.3 Å². The number of esters is 1. The topological polar surface area (TPSA) is 66.4 Å². The molecule has 1 atom stereocenters. The third kappa shape index (κ3) is 11.7.